The van der Waals surface area contributed by atoms with E-state index in [1.165, 1.54) is 11.1 Å². The minimum absolute atomic E-state index is 0.0275. The summed E-state index contributed by atoms with van der Waals surface area (Å²) in [4.78, 5) is 22.0. The summed E-state index contributed by atoms with van der Waals surface area (Å²) in [6.07, 6.45) is 6.46. The van der Waals surface area contributed by atoms with E-state index in [2.05, 4.69) is 42.4 Å². The van der Waals surface area contributed by atoms with Gasteiger partial charge in [-0.15, -0.1) is 0 Å². The Balaban J connectivity index is 1.66. The number of hydrogen-bond donors (Lipinski definition) is 0. The molecule has 2 aliphatic rings. The number of fused-ring (bicyclic) bond motifs is 4. The number of aryl methyl sites for hydroxylation is 2. The van der Waals surface area contributed by atoms with Crippen LogP contribution in [0.2, 0.25) is 0 Å². The van der Waals surface area contributed by atoms with Crippen molar-refractivity contribution in [2.24, 2.45) is 13.0 Å². The summed E-state index contributed by atoms with van der Waals surface area (Å²) in [7, 11) is 1.78. The molecule has 0 radical (unpaired) electrons. The minimum atomic E-state index is -0.282. The van der Waals surface area contributed by atoms with E-state index in [4.69, 9.17) is 14.5 Å². The lowest BCUT2D eigenvalue weighted by atomic mass is 9.53. The zero-order valence-corrected chi connectivity index (χ0v) is 19.1. The summed E-state index contributed by atoms with van der Waals surface area (Å²) in [6, 6.07) is 14.3. The van der Waals surface area contributed by atoms with E-state index >= 15 is 0 Å². The molecule has 6 heteroatoms. The molecular formula is C27H26N4O2. The SMILES string of the molecule is Cc1nc(-c2ccc(=O)n(C)c2)c2c(n1)[C@@]1(c3ccccc3)Cc3cnoc3[C@@H](C)[C@@H]1CC2. The van der Waals surface area contributed by atoms with Gasteiger partial charge in [0.15, 0.2) is 0 Å². The molecule has 166 valence electrons. The first kappa shape index (κ1) is 20.1. The van der Waals surface area contributed by atoms with Crippen LogP contribution in [0.25, 0.3) is 11.3 Å². The predicted molar refractivity (Wildman–Crippen MR) is 125 cm³/mol. The fourth-order valence-corrected chi connectivity index (χ4v) is 6.24. The normalized spacial score (nSPS) is 23.5. The highest BCUT2D eigenvalue weighted by atomic mass is 16.5. The van der Waals surface area contributed by atoms with Crippen LogP contribution in [0.15, 0.2) is 64.2 Å². The number of hydrogen-bond acceptors (Lipinski definition) is 5. The van der Waals surface area contributed by atoms with Gasteiger partial charge in [-0.1, -0.05) is 42.4 Å². The fraction of sp³-hybridized carbons (Fsp3) is 0.333. The van der Waals surface area contributed by atoms with E-state index in [9.17, 15) is 4.79 Å². The summed E-state index contributed by atoms with van der Waals surface area (Å²) < 4.78 is 7.33. The molecule has 0 aliphatic heterocycles. The molecule has 0 saturated carbocycles. The second-order valence-corrected chi connectivity index (χ2v) is 9.48. The molecule has 3 atom stereocenters. The van der Waals surface area contributed by atoms with Crippen LogP contribution in [0.4, 0.5) is 0 Å². The first-order valence-electron chi connectivity index (χ1n) is 11.5. The summed E-state index contributed by atoms with van der Waals surface area (Å²) in [5.41, 5.74) is 6.32. The molecule has 1 aromatic carbocycles. The van der Waals surface area contributed by atoms with Crippen molar-refractivity contribution < 1.29 is 4.52 Å². The van der Waals surface area contributed by atoms with E-state index in [1.54, 1.807) is 17.7 Å². The maximum Gasteiger partial charge on any atom is 0.250 e. The zero-order chi connectivity index (χ0) is 22.7. The lowest BCUT2D eigenvalue weighted by Gasteiger charge is -2.50. The number of nitrogens with zero attached hydrogens (tertiary/aromatic N) is 4. The Morgan fingerprint density at radius 3 is 2.73 bits per heavy atom. The van der Waals surface area contributed by atoms with Gasteiger partial charge >= 0.3 is 0 Å². The highest BCUT2D eigenvalue weighted by Crippen LogP contribution is 2.57. The van der Waals surface area contributed by atoms with E-state index in [0.29, 0.717) is 5.92 Å². The molecule has 33 heavy (non-hydrogen) atoms. The zero-order valence-electron chi connectivity index (χ0n) is 19.1. The molecule has 0 saturated heterocycles. The Hall–Kier alpha value is -3.54. The molecule has 3 heterocycles. The second-order valence-electron chi connectivity index (χ2n) is 9.48. The highest BCUT2D eigenvalue weighted by molar-refractivity contribution is 5.66. The van der Waals surface area contributed by atoms with Crippen LogP contribution >= 0.6 is 0 Å². The van der Waals surface area contributed by atoms with Crippen LogP contribution in [0.5, 0.6) is 0 Å². The molecule has 4 aromatic rings. The quantitative estimate of drug-likeness (QED) is 0.465. The van der Waals surface area contributed by atoms with E-state index in [-0.39, 0.29) is 16.9 Å². The van der Waals surface area contributed by atoms with Crippen LogP contribution in [-0.4, -0.2) is 19.7 Å². The number of rotatable bonds is 2. The average molecular weight is 439 g/mol. The van der Waals surface area contributed by atoms with Gasteiger partial charge in [0.1, 0.15) is 11.6 Å². The van der Waals surface area contributed by atoms with E-state index in [0.717, 1.165) is 53.4 Å². The lowest BCUT2D eigenvalue weighted by molar-refractivity contribution is 0.188. The molecule has 0 unspecified atom stereocenters. The maximum atomic E-state index is 12.0. The van der Waals surface area contributed by atoms with Crippen molar-refractivity contribution in [1.82, 2.24) is 19.7 Å². The van der Waals surface area contributed by atoms with Crippen LogP contribution in [-0.2, 0) is 25.3 Å². The first-order chi connectivity index (χ1) is 16.0. The maximum absolute atomic E-state index is 12.0. The average Bonchev–Trinajstić information content (AvgIpc) is 3.30. The Morgan fingerprint density at radius 2 is 1.94 bits per heavy atom. The molecule has 0 N–H and O–H groups in total. The van der Waals surface area contributed by atoms with Gasteiger partial charge in [-0.05, 0) is 43.7 Å². The van der Waals surface area contributed by atoms with Gasteiger partial charge in [0, 0.05) is 47.3 Å². The van der Waals surface area contributed by atoms with Crippen LogP contribution in [0.3, 0.4) is 0 Å². The molecule has 2 aliphatic carbocycles. The van der Waals surface area contributed by atoms with Crippen molar-refractivity contribution in [2.45, 2.75) is 44.4 Å². The lowest BCUT2D eigenvalue weighted by Crippen LogP contribution is -2.48. The first-order valence-corrected chi connectivity index (χ1v) is 11.5. The third-order valence-corrected chi connectivity index (χ3v) is 7.69. The van der Waals surface area contributed by atoms with Gasteiger partial charge in [0.2, 0.25) is 5.56 Å². The number of pyridine rings is 1. The third-order valence-electron chi connectivity index (χ3n) is 7.69. The fourth-order valence-electron chi connectivity index (χ4n) is 6.24. The van der Waals surface area contributed by atoms with Gasteiger partial charge < -0.3 is 9.09 Å². The van der Waals surface area contributed by atoms with Crippen molar-refractivity contribution in [3.63, 3.8) is 0 Å². The van der Waals surface area contributed by atoms with Crippen molar-refractivity contribution >= 4 is 0 Å². The van der Waals surface area contributed by atoms with Crippen molar-refractivity contribution in [3.8, 4) is 11.3 Å². The smallest absolute Gasteiger partial charge is 0.250 e. The summed E-state index contributed by atoms with van der Waals surface area (Å²) in [6.45, 7) is 4.23. The van der Waals surface area contributed by atoms with Crippen molar-refractivity contribution in [3.05, 3.63) is 99.2 Å². The van der Waals surface area contributed by atoms with Crippen LogP contribution in [0, 0.1) is 12.8 Å². The molecule has 6 rings (SSSR count). The molecular weight excluding hydrogens is 412 g/mol. The minimum Gasteiger partial charge on any atom is -0.361 e. The van der Waals surface area contributed by atoms with Crippen molar-refractivity contribution in [1.29, 1.82) is 0 Å². The van der Waals surface area contributed by atoms with Gasteiger partial charge in [-0.3, -0.25) is 4.79 Å². The Labute approximate surface area is 192 Å². The molecule has 0 bridgehead atoms. The molecule has 6 nitrogen and oxygen atoms in total. The van der Waals surface area contributed by atoms with Gasteiger partial charge in [0.25, 0.3) is 0 Å². The van der Waals surface area contributed by atoms with Crippen LogP contribution < -0.4 is 5.56 Å². The summed E-state index contributed by atoms with van der Waals surface area (Å²) in [5.74, 6) is 2.34. The summed E-state index contributed by atoms with van der Waals surface area (Å²) in [5, 5.41) is 4.15. The molecule has 0 fully saturated rings. The monoisotopic (exact) mass is 438 g/mol. The summed E-state index contributed by atoms with van der Waals surface area (Å²) >= 11 is 0. The largest absolute Gasteiger partial charge is 0.361 e. The van der Waals surface area contributed by atoms with E-state index in [1.807, 2.05) is 25.4 Å². The predicted octanol–water partition coefficient (Wildman–Crippen LogP) is 4.35. The Bertz CT molecular complexity index is 1420. The molecule has 3 aromatic heterocycles. The second kappa shape index (κ2) is 7.24. The molecule has 0 amide bonds. The Kier molecular flexibility index (Phi) is 4.41. The van der Waals surface area contributed by atoms with Crippen molar-refractivity contribution in [2.75, 3.05) is 0 Å². The Morgan fingerprint density at radius 1 is 1.12 bits per heavy atom. The number of benzene rings is 1. The highest BCUT2D eigenvalue weighted by Gasteiger charge is 2.54. The van der Waals surface area contributed by atoms with Gasteiger partial charge in [-0.2, -0.15) is 0 Å². The van der Waals surface area contributed by atoms with Gasteiger partial charge in [0.05, 0.1) is 17.6 Å². The molecule has 0 spiro atoms. The number of aromatic nitrogens is 4. The third kappa shape index (κ3) is 2.86. The van der Waals surface area contributed by atoms with Crippen LogP contribution in [0.1, 0.15) is 53.2 Å². The van der Waals surface area contributed by atoms with Gasteiger partial charge in [-0.25, -0.2) is 9.97 Å². The standard InChI is InChI=1S/C27H26N4O2/c1-16-22-11-10-21-24(18-9-12-23(32)31(3)15-18)29-17(2)30-26(21)27(22,20-7-5-4-6-8-20)13-19-14-28-33-25(16)19/h4-9,12,14-16,22H,10-11,13H2,1-3H3/t16-,22-,27+/m0/s1. The topological polar surface area (TPSA) is 73.8 Å². The van der Waals surface area contributed by atoms with E-state index < -0.39 is 0 Å².